The number of hydrogen-bond acceptors (Lipinski definition) is 3. The first-order chi connectivity index (χ1) is 7.20. The molecule has 0 unspecified atom stereocenters. The van der Waals surface area contributed by atoms with Gasteiger partial charge in [0.1, 0.15) is 0 Å². The van der Waals surface area contributed by atoms with Crippen LogP contribution in [0.2, 0.25) is 0 Å². The van der Waals surface area contributed by atoms with Gasteiger partial charge in [0.2, 0.25) is 0 Å². The molecule has 4 heteroatoms. The second kappa shape index (κ2) is 3.82. The summed E-state index contributed by atoms with van der Waals surface area (Å²) in [6.07, 6.45) is 0. The lowest BCUT2D eigenvalue weighted by molar-refractivity contribution is 0.100. The fourth-order valence-corrected chi connectivity index (χ4v) is 2.17. The predicted octanol–water partition coefficient (Wildman–Crippen LogP) is 2.22. The number of primary amides is 1. The molecule has 2 N–H and O–H groups in total. The van der Waals surface area contributed by atoms with Gasteiger partial charge in [-0.3, -0.25) is 4.79 Å². The van der Waals surface area contributed by atoms with Crippen molar-refractivity contribution in [1.82, 2.24) is 4.37 Å². The molecule has 2 rings (SSSR count). The Kier molecular flexibility index (Phi) is 2.51. The Balaban J connectivity index is 2.59. The first-order valence-electron chi connectivity index (χ1n) is 4.51. The van der Waals surface area contributed by atoms with Crippen molar-refractivity contribution in [2.45, 2.75) is 6.92 Å². The Bertz CT molecular complexity index is 491. The van der Waals surface area contributed by atoms with Crippen LogP contribution in [0.3, 0.4) is 0 Å². The van der Waals surface area contributed by atoms with Gasteiger partial charge < -0.3 is 5.73 Å². The molecule has 0 radical (unpaired) electrons. The molecule has 0 spiro atoms. The van der Waals surface area contributed by atoms with Crippen LogP contribution >= 0.6 is 11.5 Å². The van der Waals surface area contributed by atoms with Crippen molar-refractivity contribution in [3.8, 4) is 11.3 Å². The van der Waals surface area contributed by atoms with Gasteiger partial charge in [-0.2, -0.15) is 4.37 Å². The summed E-state index contributed by atoms with van der Waals surface area (Å²) in [7, 11) is 0. The van der Waals surface area contributed by atoms with Gasteiger partial charge in [-0.15, -0.1) is 0 Å². The van der Waals surface area contributed by atoms with Crippen LogP contribution in [0.4, 0.5) is 0 Å². The van der Waals surface area contributed by atoms with Gasteiger partial charge >= 0.3 is 0 Å². The summed E-state index contributed by atoms with van der Waals surface area (Å²) in [5.41, 5.74) is 7.47. The summed E-state index contributed by atoms with van der Waals surface area (Å²) in [5, 5.41) is 0. The highest BCUT2D eigenvalue weighted by molar-refractivity contribution is 7.06. The van der Waals surface area contributed by atoms with E-state index in [9.17, 15) is 4.79 Å². The molecular weight excluding hydrogens is 208 g/mol. The molecule has 76 valence electrons. The maximum absolute atomic E-state index is 11.3. The SMILES string of the molecule is Cc1snc(-c2ccccc2)c1C(N)=O. The van der Waals surface area contributed by atoms with Crippen LogP contribution in [-0.4, -0.2) is 10.3 Å². The number of aromatic nitrogens is 1. The zero-order chi connectivity index (χ0) is 10.8. The molecule has 1 heterocycles. The highest BCUT2D eigenvalue weighted by atomic mass is 32.1. The lowest BCUT2D eigenvalue weighted by Crippen LogP contribution is -2.12. The van der Waals surface area contributed by atoms with Crippen LogP contribution in [0, 0.1) is 6.92 Å². The van der Waals surface area contributed by atoms with E-state index in [4.69, 9.17) is 5.73 Å². The summed E-state index contributed by atoms with van der Waals surface area (Å²) in [6.45, 7) is 1.85. The van der Waals surface area contributed by atoms with E-state index >= 15 is 0 Å². The quantitative estimate of drug-likeness (QED) is 0.840. The zero-order valence-corrected chi connectivity index (χ0v) is 9.04. The summed E-state index contributed by atoms with van der Waals surface area (Å²) in [4.78, 5) is 12.1. The van der Waals surface area contributed by atoms with Crippen LogP contribution in [-0.2, 0) is 0 Å². The average Bonchev–Trinajstić information content (AvgIpc) is 2.61. The van der Waals surface area contributed by atoms with E-state index in [0.29, 0.717) is 11.3 Å². The first kappa shape index (κ1) is 9.86. The summed E-state index contributed by atoms with van der Waals surface area (Å²) >= 11 is 1.30. The van der Waals surface area contributed by atoms with Crippen LogP contribution in [0.5, 0.6) is 0 Å². The lowest BCUT2D eigenvalue weighted by atomic mass is 10.1. The van der Waals surface area contributed by atoms with Crippen molar-refractivity contribution in [1.29, 1.82) is 0 Å². The monoisotopic (exact) mass is 218 g/mol. The van der Waals surface area contributed by atoms with Crippen LogP contribution in [0.1, 0.15) is 15.2 Å². The number of hydrogen-bond donors (Lipinski definition) is 1. The minimum Gasteiger partial charge on any atom is -0.365 e. The molecule has 1 aromatic carbocycles. The van der Waals surface area contributed by atoms with Gasteiger partial charge in [0.05, 0.1) is 11.3 Å². The normalized spacial score (nSPS) is 10.2. The molecule has 0 saturated carbocycles. The summed E-state index contributed by atoms with van der Waals surface area (Å²) in [5.74, 6) is -0.417. The average molecular weight is 218 g/mol. The van der Waals surface area contributed by atoms with E-state index in [1.165, 1.54) is 11.5 Å². The highest BCUT2D eigenvalue weighted by Crippen LogP contribution is 2.27. The second-order valence-corrected chi connectivity index (χ2v) is 4.17. The molecular formula is C11H10N2OS. The van der Waals surface area contributed by atoms with E-state index in [1.807, 2.05) is 37.3 Å². The fourth-order valence-electron chi connectivity index (χ4n) is 1.46. The number of carbonyl (C=O) groups excluding carboxylic acids is 1. The maximum Gasteiger partial charge on any atom is 0.252 e. The van der Waals surface area contributed by atoms with Gasteiger partial charge in [0.15, 0.2) is 0 Å². The van der Waals surface area contributed by atoms with Gasteiger partial charge in [-0.25, -0.2) is 0 Å². The molecule has 3 nitrogen and oxygen atoms in total. The topological polar surface area (TPSA) is 56.0 Å². The lowest BCUT2D eigenvalue weighted by Gasteiger charge is -1.99. The van der Waals surface area contributed by atoms with Crippen molar-refractivity contribution in [3.63, 3.8) is 0 Å². The number of amides is 1. The third-order valence-electron chi connectivity index (χ3n) is 2.16. The molecule has 15 heavy (non-hydrogen) atoms. The van der Waals surface area contributed by atoms with Crippen molar-refractivity contribution >= 4 is 17.4 Å². The van der Waals surface area contributed by atoms with Crippen molar-refractivity contribution in [2.75, 3.05) is 0 Å². The van der Waals surface area contributed by atoms with Gasteiger partial charge in [0.25, 0.3) is 5.91 Å². The van der Waals surface area contributed by atoms with Crippen LogP contribution in [0.15, 0.2) is 30.3 Å². The summed E-state index contributed by atoms with van der Waals surface area (Å²) < 4.78 is 4.25. The highest BCUT2D eigenvalue weighted by Gasteiger charge is 2.16. The third kappa shape index (κ3) is 1.76. The molecule has 0 aliphatic rings. The third-order valence-corrected chi connectivity index (χ3v) is 2.91. The molecule has 2 aromatic rings. The van der Waals surface area contributed by atoms with Gasteiger partial charge in [0, 0.05) is 10.4 Å². The van der Waals surface area contributed by atoms with E-state index in [2.05, 4.69) is 4.37 Å². The van der Waals surface area contributed by atoms with Crippen LogP contribution < -0.4 is 5.73 Å². The smallest absolute Gasteiger partial charge is 0.252 e. The van der Waals surface area contributed by atoms with Gasteiger partial charge in [-0.05, 0) is 18.5 Å². The summed E-state index contributed by atoms with van der Waals surface area (Å²) in [6, 6.07) is 9.58. The zero-order valence-electron chi connectivity index (χ0n) is 8.23. The standard InChI is InChI=1S/C11H10N2OS/c1-7-9(11(12)14)10(13-15-7)8-5-3-2-4-6-8/h2-6H,1H3,(H2,12,14). The minimum absolute atomic E-state index is 0.417. The largest absolute Gasteiger partial charge is 0.365 e. The number of aryl methyl sites for hydroxylation is 1. The molecule has 0 atom stereocenters. The number of nitrogens with zero attached hydrogens (tertiary/aromatic N) is 1. The Morgan fingerprint density at radius 3 is 2.60 bits per heavy atom. The van der Waals surface area contributed by atoms with Crippen LogP contribution in [0.25, 0.3) is 11.3 Å². The Morgan fingerprint density at radius 2 is 2.00 bits per heavy atom. The maximum atomic E-state index is 11.3. The Hall–Kier alpha value is -1.68. The van der Waals surface area contributed by atoms with Crippen molar-refractivity contribution < 1.29 is 4.79 Å². The Morgan fingerprint density at radius 1 is 1.33 bits per heavy atom. The van der Waals surface area contributed by atoms with E-state index in [0.717, 1.165) is 10.4 Å². The van der Waals surface area contributed by atoms with E-state index < -0.39 is 5.91 Å². The molecule has 1 amide bonds. The number of nitrogens with two attached hydrogens (primary N) is 1. The van der Waals surface area contributed by atoms with Crippen molar-refractivity contribution in [3.05, 3.63) is 40.8 Å². The molecule has 0 aliphatic heterocycles. The van der Waals surface area contributed by atoms with Crippen molar-refractivity contribution in [2.24, 2.45) is 5.73 Å². The number of rotatable bonds is 2. The Labute approximate surface area is 91.7 Å². The van der Waals surface area contributed by atoms with E-state index in [-0.39, 0.29) is 0 Å². The molecule has 0 bridgehead atoms. The first-order valence-corrected chi connectivity index (χ1v) is 5.29. The predicted molar refractivity (Wildman–Crippen MR) is 60.8 cm³/mol. The van der Waals surface area contributed by atoms with E-state index in [1.54, 1.807) is 0 Å². The molecule has 0 fully saturated rings. The molecule has 1 aromatic heterocycles. The number of benzene rings is 1. The fraction of sp³-hybridized carbons (Fsp3) is 0.0909. The van der Waals surface area contributed by atoms with Gasteiger partial charge in [-0.1, -0.05) is 30.3 Å². The minimum atomic E-state index is -0.417. The number of carbonyl (C=O) groups is 1. The molecule has 0 saturated heterocycles. The second-order valence-electron chi connectivity index (χ2n) is 3.19. The molecule has 0 aliphatic carbocycles.